The molecule has 1 aliphatic heterocycles. The molecule has 0 saturated carbocycles. The largest absolute Gasteiger partial charge is 0.363 e. The van der Waals surface area contributed by atoms with Gasteiger partial charge in [0.25, 0.3) is 15.9 Å². The van der Waals surface area contributed by atoms with Crippen LogP contribution in [0.25, 0.3) is 0 Å². The molecule has 2 aromatic carbocycles. The van der Waals surface area contributed by atoms with Crippen LogP contribution in [-0.4, -0.2) is 20.9 Å². The summed E-state index contributed by atoms with van der Waals surface area (Å²) in [6.07, 6.45) is -0.313. The summed E-state index contributed by atoms with van der Waals surface area (Å²) in [4.78, 5) is 12.3. The molecule has 8 heteroatoms. The van der Waals surface area contributed by atoms with Gasteiger partial charge in [-0.05, 0) is 35.7 Å². The van der Waals surface area contributed by atoms with Crippen LogP contribution < -0.4 is 4.72 Å². The Morgan fingerprint density at radius 1 is 1.28 bits per heavy atom. The van der Waals surface area contributed by atoms with Crippen LogP contribution in [-0.2, 0) is 26.0 Å². The minimum atomic E-state index is -4.13. The Labute approximate surface area is 153 Å². The lowest BCUT2D eigenvalue weighted by Crippen LogP contribution is -2.37. The van der Waals surface area contributed by atoms with E-state index in [0.717, 1.165) is 5.56 Å². The second-order valence-corrected chi connectivity index (χ2v) is 8.05. The van der Waals surface area contributed by atoms with Crippen LogP contribution in [0.1, 0.15) is 22.8 Å². The number of rotatable bonds is 3. The summed E-state index contributed by atoms with van der Waals surface area (Å²) >= 11 is 3.16. The molecular weight excluding hydrogens is 408 g/mol. The van der Waals surface area contributed by atoms with Gasteiger partial charge in [-0.3, -0.25) is 4.79 Å². The zero-order valence-corrected chi connectivity index (χ0v) is 15.3. The van der Waals surface area contributed by atoms with Crippen LogP contribution in [0.15, 0.2) is 51.8 Å². The molecule has 0 radical (unpaired) electrons. The second-order valence-electron chi connectivity index (χ2n) is 5.46. The van der Waals surface area contributed by atoms with E-state index in [0.29, 0.717) is 23.1 Å². The normalized spacial score (nSPS) is 16.6. The summed E-state index contributed by atoms with van der Waals surface area (Å²) < 4.78 is 32.9. The first-order chi connectivity index (χ1) is 11.9. The average molecular weight is 421 g/mol. The van der Waals surface area contributed by atoms with E-state index in [1.807, 2.05) is 22.9 Å². The van der Waals surface area contributed by atoms with Gasteiger partial charge < -0.3 is 4.74 Å². The van der Waals surface area contributed by atoms with Crippen molar-refractivity contribution in [2.45, 2.75) is 17.4 Å². The van der Waals surface area contributed by atoms with Crippen LogP contribution in [0.4, 0.5) is 0 Å². The molecule has 1 amide bonds. The molecule has 0 bridgehead atoms. The molecule has 0 fully saturated rings. The highest BCUT2D eigenvalue weighted by molar-refractivity contribution is 9.10. The van der Waals surface area contributed by atoms with E-state index in [1.54, 1.807) is 12.1 Å². The van der Waals surface area contributed by atoms with Crippen LogP contribution in [0, 0.1) is 11.3 Å². The molecule has 0 saturated heterocycles. The Morgan fingerprint density at radius 3 is 2.80 bits per heavy atom. The number of fused-ring (bicyclic) bond motifs is 1. The number of hydrogen-bond donors (Lipinski definition) is 1. The smallest absolute Gasteiger partial charge is 0.267 e. The molecule has 128 valence electrons. The molecule has 6 nitrogen and oxygen atoms in total. The third-order valence-corrected chi connectivity index (χ3v) is 5.56. The van der Waals surface area contributed by atoms with Gasteiger partial charge in [0.1, 0.15) is 0 Å². The first kappa shape index (κ1) is 17.6. The number of nitrogens with one attached hydrogen (secondary N) is 1. The summed E-state index contributed by atoms with van der Waals surface area (Å²) in [5.41, 5.74) is 1.79. The third kappa shape index (κ3) is 3.74. The Morgan fingerprint density at radius 2 is 2.04 bits per heavy atom. The van der Waals surface area contributed by atoms with E-state index in [2.05, 4.69) is 15.9 Å². The monoisotopic (exact) mass is 420 g/mol. The van der Waals surface area contributed by atoms with E-state index in [9.17, 15) is 13.2 Å². The standard InChI is InChI=1S/C17H13BrN2O4S/c18-13-7-11(10-19)8-14(9-13)25(22,23)20-17(21)16-15-4-2-1-3-12(15)5-6-24-16/h1-4,7-9,16H,5-6H2,(H,20,21). The van der Waals surface area contributed by atoms with Crippen molar-refractivity contribution in [1.29, 1.82) is 5.26 Å². The number of nitriles is 1. The first-order valence-corrected chi connectivity index (χ1v) is 9.65. The van der Waals surface area contributed by atoms with Gasteiger partial charge in [-0.1, -0.05) is 40.2 Å². The minimum absolute atomic E-state index is 0.168. The number of benzene rings is 2. The summed E-state index contributed by atoms with van der Waals surface area (Å²) in [6.45, 7) is 0.338. The topological polar surface area (TPSA) is 96.3 Å². The quantitative estimate of drug-likeness (QED) is 0.822. The van der Waals surface area contributed by atoms with Gasteiger partial charge in [0.15, 0.2) is 6.10 Å². The molecule has 1 unspecified atom stereocenters. The number of amides is 1. The van der Waals surface area contributed by atoms with Crippen molar-refractivity contribution in [2.24, 2.45) is 0 Å². The molecule has 3 rings (SSSR count). The Hall–Kier alpha value is -2.21. The van der Waals surface area contributed by atoms with E-state index >= 15 is 0 Å². The van der Waals surface area contributed by atoms with E-state index in [1.165, 1.54) is 18.2 Å². The Bertz CT molecular complexity index is 982. The number of nitrogens with zero attached hydrogens (tertiary/aromatic N) is 1. The maximum atomic E-state index is 12.5. The lowest BCUT2D eigenvalue weighted by molar-refractivity contribution is -0.132. The summed E-state index contributed by atoms with van der Waals surface area (Å²) in [7, 11) is -4.13. The summed E-state index contributed by atoms with van der Waals surface area (Å²) in [6, 6.07) is 13.2. The fourth-order valence-electron chi connectivity index (χ4n) is 2.64. The third-order valence-electron chi connectivity index (χ3n) is 3.78. The highest BCUT2D eigenvalue weighted by atomic mass is 79.9. The molecule has 1 N–H and O–H groups in total. The minimum Gasteiger partial charge on any atom is -0.363 e. The number of carbonyl (C=O) groups excluding carboxylic acids is 1. The highest BCUT2D eigenvalue weighted by Gasteiger charge is 2.30. The first-order valence-electron chi connectivity index (χ1n) is 7.37. The maximum Gasteiger partial charge on any atom is 0.267 e. The fourth-order valence-corrected chi connectivity index (χ4v) is 4.34. The highest BCUT2D eigenvalue weighted by Crippen LogP contribution is 2.28. The molecule has 0 aliphatic carbocycles. The van der Waals surface area contributed by atoms with Gasteiger partial charge in [-0.2, -0.15) is 5.26 Å². The van der Waals surface area contributed by atoms with E-state index in [-0.39, 0.29) is 10.5 Å². The fraction of sp³-hybridized carbons (Fsp3) is 0.176. The summed E-state index contributed by atoms with van der Waals surface area (Å²) in [5.74, 6) is -0.759. The Kier molecular flexibility index (Phi) is 4.90. The van der Waals surface area contributed by atoms with Gasteiger partial charge in [0, 0.05) is 4.47 Å². The number of halogens is 1. The predicted octanol–water partition coefficient (Wildman–Crippen LogP) is 2.44. The van der Waals surface area contributed by atoms with Gasteiger partial charge in [0.05, 0.1) is 23.1 Å². The molecule has 1 aliphatic rings. The van der Waals surface area contributed by atoms with Crippen molar-refractivity contribution in [3.8, 4) is 6.07 Å². The Balaban J connectivity index is 1.89. The molecule has 1 atom stereocenters. The van der Waals surface area contributed by atoms with E-state index in [4.69, 9.17) is 10.00 Å². The predicted molar refractivity (Wildman–Crippen MR) is 93.0 cm³/mol. The van der Waals surface area contributed by atoms with Gasteiger partial charge >= 0.3 is 0 Å². The number of hydrogen-bond acceptors (Lipinski definition) is 5. The zero-order chi connectivity index (χ0) is 18.0. The van der Waals surface area contributed by atoms with Crippen molar-refractivity contribution in [1.82, 2.24) is 4.72 Å². The molecule has 0 spiro atoms. The van der Waals surface area contributed by atoms with Gasteiger partial charge in [0.2, 0.25) is 0 Å². The van der Waals surface area contributed by atoms with Crippen LogP contribution >= 0.6 is 15.9 Å². The van der Waals surface area contributed by atoms with Crippen LogP contribution in [0.5, 0.6) is 0 Å². The van der Waals surface area contributed by atoms with Crippen molar-refractivity contribution < 1.29 is 17.9 Å². The van der Waals surface area contributed by atoms with Crippen molar-refractivity contribution in [2.75, 3.05) is 6.61 Å². The van der Waals surface area contributed by atoms with Gasteiger partial charge in [-0.15, -0.1) is 0 Å². The van der Waals surface area contributed by atoms with Crippen molar-refractivity contribution in [3.05, 3.63) is 63.6 Å². The lowest BCUT2D eigenvalue weighted by atomic mass is 9.97. The second kappa shape index (κ2) is 6.96. The van der Waals surface area contributed by atoms with Crippen LogP contribution in [0.2, 0.25) is 0 Å². The molecule has 2 aromatic rings. The maximum absolute atomic E-state index is 12.5. The molecule has 0 aromatic heterocycles. The van der Waals surface area contributed by atoms with Crippen molar-refractivity contribution >= 4 is 31.9 Å². The SMILES string of the molecule is N#Cc1cc(Br)cc(S(=O)(=O)NC(=O)C2OCCc3ccccc32)c1. The number of carbonyl (C=O) groups is 1. The van der Waals surface area contributed by atoms with Gasteiger partial charge in [-0.25, -0.2) is 13.1 Å². The van der Waals surface area contributed by atoms with Crippen molar-refractivity contribution in [3.63, 3.8) is 0 Å². The molecule has 25 heavy (non-hydrogen) atoms. The zero-order valence-electron chi connectivity index (χ0n) is 12.9. The number of sulfonamides is 1. The lowest BCUT2D eigenvalue weighted by Gasteiger charge is -2.25. The average Bonchev–Trinajstić information content (AvgIpc) is 2.60. The van der Waals surface area contributed by atoms with E-state index < -0.39 is 22.0 Å². The molecular formula is C17H13BrN2O4S. The van der Waals surface area contributed by atoms with Crippen LogP contribution in [0.3, 0.4) is 0 Å². The number of ether oxygens (including phenoxy) is 1. The molecule has 1 heterocycles. The summed E-state index contributed by atoms with van der Waals surface area (Å²) in [5, 5.41) is 8.97.